The number of nitrogens with one attached hydrogen (secondary N) is 1. The molecule has 0 fully saturated rings. The zero-order valence-corrected chi connectivity index (χ0v) is 11.4. The van der Waals surface area contributed by atoms with E-state index in [1.807, 2.05) is 30.3 Å². The Morgan fingerprint density at radius 2 is 1.63 bits per heavy atom. The van der Waals surface area contributed by atoms with Crippen molar-refractivity contribution in [1.82, 2.24) is 0 Å². The van der Waals surface area contributed by atoms with Gasteiger partial charge in [0.15, 0.2) is 0 Å². The molecule has 1 unspecified atom stereocenters. The van der Waals surface area contributed by atoms with Crippen molar-refractivity contribution >= 4 is 34.8 Å². The van der Waals surface area contributed by atoms with E-state index in [0.717, 1.165) is 5.69 Å². The molecule has 1 atom stereocenters. The lowest BCUT2D eigenvalue weighted by atomic mass is 10.1. The molecule has 1 amide bonds. The van der Waals surface area contributed by atoms with Crippen LogP contribution in [-0.4, -0.2) is 5.91 Å². The molecule has 98 valence electrons. The monoisotopic (exact) mass is 294 g/mol. The summed E-state index contributed by atoms with van der Waals surface area (Å²) in [6.07, 6.45) is 0. The SMILES string of the molecule is NC(=O)C(Nc1ccccc1)c1cc(Cl)cc(Cl)c1. The van der Waals surface area contributed by atoms with E-state index in [9.17, 15) is 4.79 Å². The van der Waals surface area contributed by atoms with Crippen LogP contribution in [-0.2, 0) is 4.79 Å². The molecule has 0 aliphatic carbocycles. The highest BCUT2D eigenvalue weighted by Gasteiger charge is 2.18. The molecular formula is C14H12Cl2N2O. The number of halogens is 2. The summed E-state index contributed by atoms with van der Waals surface area (Å²) in [6, 6.07) is 13.6. The lowest BCUT2D eigenvalue weighted by Gasteiger charge is -2.17. The number of carbonyl (C=O) groups excluding carboxylic acids is 1. The number of hydrogen-bond acceptors (Lipinski definition) is 2. The molecule has 3 nitrogen and oxygen atoms in total. The van der Waals surface area contributed by atoms with Crippen molar-refractivity contribution in [3.63, 3.8) is 0 Å². The third kappa shape index (κ3) is 3.63. The standard InChI is InChI=1S/C14H12Cl2N2O/c15-10-6-9(7-11(16)8-10)13(14(17)19)18-12-4-2-1-3-5-12/h1-8,13,18H,(H2,17,19). The second kappa shape index (κ2) is 5.95. The second-order valence-corrected chi connectivity index (χ2v) is 4.92. The van der Waals surface area contributed by atoms with E-state index >= 15 is 0 Å². The van der Waals surface area contributed by atoms with E-state index in [0.29, 0.717) is 15.6 Å². The van der Waals surface area contributed by atoms with Gasteiger partial charge in [-0.2, -0.15) is 0 Å². The van der Waals surface area contributed by atoms with Crippen molar-refractivity contribution in [3.05, 3.63) is 64.1 Å². The largest absolute Gasteiger partial charge is 0.370 e. The predicted octanol–water partition coefficient (Wildman–Crippen LogP) is 3.63. The first-order chi connectivity index (χ1) is 9.06. The van der Waals surface area contributed by atoms with Gasteiger partial charge in [-0.25, -0.2) is 0 Å². The minimum Gasteiger partial charge on any atom is -0.370 e. The average molecular weight is 295 g/mol. The highest BCUT2D eigenvalue weighted by molar-refractivity contribution is 6.34. The van der Waals surface area contributed by atoms with Gasteiger partial charge < -0.3 is 11.1 Å². The van der Waals surface area contributed by atoms with Crippen LogP contribution in [0.5, 0.6) is 0 Å². The summed E-state index contributed by atoms with van der Waals surface area (Å²) in [6.45, 7) is 0. The summed E-state index contributed by atoms with van der Waals surface area (Å²) < 4.78 is 0. The number of primary amides is 1. The zero-order chi connectivity index (χ0) is 13.8. The van der Waals surface area contributed by atoms with Gasteiger partial charge >= 0.3 is 0 Å². The van der Waals surface area contributed by atoms with Crippen LogP contribution in [0, 0.1) is 0 Å². The number of carbonyl (C=O) groups is 1. The Morgan fingerprint density at radius 3 is 2.16 bits per heavy atom. The van der Waals surface area contributed by atoms with Crippen LogP contribution in [0.25, 0.3) is 0 Å². The van der Waals surface area contributed by atoms with Crippen LogP contribution in [0.4, 0.5) is 5.69 Å². The minimum atomic E-state index is -0.682. The van der Waals surface area contributed by atoms with Crippen LogP contribution in [0.3, 0.4) is 0 Å². The van der Waals surface area contributed by atoms with Crippen LogP contribution < -0.4 is 11.1 Å². The number of benzene rings is 2. The Labute approximate surface area is 121 Å². The van der Waals surface area contributed by atoms with E-state index in [1.54, 1.807) is 18.2 Å². The topological polar surface area (TPSA) is 55.1 Å². The maximum absolute atomic E-state index is 11.6. The van der Waals surface area contributed by atoms with Crippen LogP contribution >= 0.6 is 23.2 Å². The fourth-order valence-electron chi connectivity index (χ4n) is 1.76. The van der Waals surface area contributed by atoms with E-state index in [2.05, 4.69) is 5.32 Å². The van der Waals surface area contributed by atoms with Crippen LogP contribution in [0.2, 0.25) is 10.0 Å². The van der Waals surface area contributed by atoms with Crippen molar-refractivity contribution in [2.24, 2.45) is 5.73 Å². The Balaban J connectivity index is 2.32. The predicted molar refractivity (Wildman–Crippen MR) is 78.5 cm³/mol. The number of anilines is 1. The first kappa shape index (κ1) is 13.7. The molecule has 0 saturated heterocycles. The van der Waals surface area contributed by atoms with Gasteiger partial charge in [0, 0.05) is 15.7 Å². The van der Waals surface area contributed by atoms with Crippen molar-refractivity contribution < 1.29 is 4.79 Å². The van der Waals surface area contributed by atoms with E-state index < -0.39 is 11.9 Å². The molecule has 2 rings (SSSR count). The normalized spacial score (nSPS) is 11.9. The number of hydrogen-bond donors (Lipinski definition) is 2. The Kier molecular flexibility index (Phi) is 4.30. The molecule has 0 heterocycles. The van der Waals surface area contributed by atoms with Gasteiger partial charge in [0.25, 0.3) is 0 Å². The molecule has 0 bridgehead atoms. The molecule has 0 aliphatic heterocycles. The quantitative estimate of drug-likeness (QED) is 0.905. The molecule has 5 heteroatoms. The van der Waals surface area contributed by atoms with Crippen LogP contribution in [0.15, 0.2) is 48.5 Å². The summed E-state index contributed by atoms with van der Waals surface area (Å²) in [5, 5.41) is 3.98. The Bertz CT molecular complexity index is 567. The van der Waals surface area contributed by atoms with Gasteiger partial charge in [0.2, 0.25) is 5.91 Å². The van der Waals surface area contributed by atoms with Gasteiger partial charge in [0.1, 0.15) is 6.04 Å². The van der Waals surface area contributed by atoms with E-state index in [1.165, 1.54) is 0 Å². The molecule has 0 saturated carbocycles. The third-order valence-corrected chi connectivity index (χ3v) is 3.02. The molecule has 19 heavy (non-hydrogen) atoms. The summed E-state index contributed by atoms with van der Waals surface area (Å²) in [7, 11) is 0. The molecule has 0 aromatic heterocycles. The highest BCUT2D eigenvalue weighted by Crippen LogP contribution is 2.26. The molecule has 0 radical (unpaired) electrons. The molecule has 0 spiro atoms. The lowest BCUT2D eigenvalue weighted by molar-refractivity contribution is -0.118. The van der Waals surface area contributed by atoms with Gasteiger partial charge in [-0.1, -0.05) is 41.4 Å². The average Bonchev–Trinajstić information content (AvgIpc) is 2.35. The summed E-state index contributed by atoms with van der Waals surface area (Å²) in [5.41, 5.74) is 6.86. The summed E-state index contributed by atoms with van der Waals surface area (Å²) >= 11 is 11.9. The fourth-order valence-corrected chi connectivity index (χ4v) is 2.30. The Morgan fingerprint density at radius 1 is 1.05 bits per heavy atom. The van der Waals surface area contributed by atoms with Gasteiger partial charge in [-0.05, 0) is 35.9 Å². The summed E-state index contributed by atoms with van der Waals surface area (Å²) in [5.74, 6) is -0.498. The highest BCUT2D eigenvalue weighted by atomic mass is 35.5. The van der Waals surface area contributed by atoms with Crippen molar-refractivity contribution in [2.75, 3.05) is 5.32 Å². The molecule has 2 aromatic carbocycles. The number of para-hydroxylation sites is 1. The number of nitrogens with two attached hydrogens (primary N) is 1. The van der Waals surface area contributed by atoms with Crippen molar-refractivity contribution in [3.8, 4) is 0 Å². The van der Waals surface area contributed by atoms with E-state index in [-0.39, 0.29) is 0 Å². The number of rotatable bonds is 4. The second-order valence-electron chi connectivity index (χ2n) is 4.05. The number of amides is 1. The van der Waals surface area contributed by atoms with Crippen molar-refractivity contribution in [1.29, 1.82) is 0 Å². The van der Waals surface area contributed by atoms with Crippen LogP contribution in [0.1, 0.15) is 11.6 Å². The third-order valence-electron chi connectivity index (χ3n) is 2.59. The first-order valence-corrected chi connectivity index (χ1v) is 6.39. The molecule has 2 aromatic rings. The Hall–Kier alpha value is -1.71. The zero-order valence-electron chi connectivity index (χ0n) is 9.94. The first-order valence-electron chi connectivity index (χ1n) is 5.63. The molecular weight excluding hydrogens is 283 g/mol. The minimum absolute atomic E-state index is 0.462. The van der Waals surface area contributed by atoms with Crippen molar-refractivity contribution in [2.45, 2.75) is 6.04 Å². The summed E-state index contributed by atoms with van der Waals surface area (Å²) in [4.78, 5) is 11.6. The lowest BCUT2D eigenvalue weighted by Crippen LogP contribution is -2.27. The van der Waals surface area contributed by atoms with Gasteiger partial charge in [-0.15, -0.1) is 0 Å². The maximum atomic E-state index is 11.6. The smallest absolute Gasteiger partial charge is 0.244 e. The van der Waals surface area contributed by atoms with Gasteiger partial charge in [-0.3, -0.25) is 4.79 Å². The fraction of sp³-hybridized carbons (Fsp3) is 0.0714. The molecule has 3 N–H and O–H groups in total. The van der Waals surface area contributed by atoms with E-state index in [4.69, 9.17) is 28.9 Å². The van der Waals surface area contributed by atoms with Gasteiger partial charge in [0.05, 0.1) is 0 Å². The maximum Gasteiger partial charge on any atom is 0.244 e. The molecule has 0 aliphatic rings.